The van der Waals surface area contributed by atoms with E-state index < -0.39 is 0 Å². The zero-order valence-corrected chi connectivity index (χ0v) is 6.37. The fraction of sp³-hybridized carbons (Fsp3) is 0.857. The molecule has 2 unspecified atom stereocenters. The van der Waals surface area contributed by atoms with Gasteiger partial charge in [-0.1, -0.05) is 0 Å². The van der Waals surface area contributed by atoms with E-state index in [9.17, 15) is 0 Å². The van der Waals surface area contributed by atoms with Gasteiger partial charge in [-0.2, -0.15) is 0 Å². The molecule has 0 aromatic carbocycles. The summed E-state index contributed by atoms with van der Waals surface area (Å²) in [6, 6.07) is 0. The molecule has 0 saturated carbocycles. The van der Waals surface area contributed by atoms with Gasteiger partial charge in [-0.15, -0.1) is 0 Å². The highest BCUT2D eigenvalue weighted by Gasteiger charge is 2.21. The van der Waals surface area contributed by atoms with Crippen molar-refractivity contribution in [1.29, 1.82) is 0 Å². The van der Waals surface area contributed by atoms with Crippen molar-refractivity contribution in [1.82, 2.24) is 0 Å². The molecule has 0 aromatic rings. The Morgan fingerprint density at radius 2 is 1.70 bits per heavy atom. The molecule has 0 aromatic heterocycles. The van der Waals surface area contributed by atoms with Crippen LogP contribution in [0.1, 0.15) is 0 Å². The molecule has 2 atom stereocenters. The molecule has 0 bridgehead atoms. The Balaban J connectivity index is 2.25. The minimum atomic E-state index is 0.0960. The van der Waals surface area contributed by atoms with Crippen LogP contribution in [0.4, 0.5) is 0 Å². The van der Waals surface area contributed by atoms with Gasteiger partial charge in [0.05, 0.1) is 25.4 Å². The Bertz CT molecular complexity index is 84.9. The molecule has 1 heterocycles. The summed E-state index contributed by atoms with van der Waals surface area (Å²) < 4.78 is 15.3. The minimum Gasteiger partial charge on any atom is -0.379 e. The standard InChI is InChI=1S/C7H13O3/c1-8-6-3-7(9-2)5-10-4-6/h3,6-7H,4-5H2,1-2H3. The van der Waals surface area contributed by atoms with Crippen molar-refractivity contribution in [2.24, 2.45) is 0 Å². The average Bonchev–Trinajstić information content (AvgIpc) is 2.05. The Hall–Kier alpha value is -0.120. The third kappa shape index (κ3) is 1.94. The van der Waals surface area contributed by atoms with Gasteiger partial charge in [0.15, 0.2) is 0 Å². The quantitative estimate of drug-likeness (QED) is 0.557. The highest BCUT2D eigenvalue weighted by Crippen LogP contribution is 2.10. The normalized spacial score (nSPS) is 34.2. The highest BCUT2D eigenvalue weighted by molar-refractivity contribution is 4.88. The molecule has 3 heteroatoms. The van der Waals surface area contributed by atoms with E-state index in [0.29, 0.717) is 13.2 Å². The lowest BCUT2D eigenvalue weighted by molar-refractivity contribution is -0.0628. The van der Waals surface area contributed by atoms with Crippen LogP contribution in [0, 0.1) is 6.42 Å². The Morgan fingerprint density at radius 1 is 1.20 bits per heavy atom. The van der Waals surface area contributed by atoms with Gasteiger partial charge in [0.25, 0.3) is 0 Å². The Labute approximate surface area is 61.3 Å². The van der Waals surface area contributed by atoms with Crippen molar-refractivity contribution in [3.05, 3.63) is 6.42 Å². The second-order valence-corrected chi connectivity index (χ2v) is 2.28. The van der Waals surface area contributed by atoms with E-state index in [1.54, 1.807) is 14.2 Å². The van der Waals surface area contributed by atoms with E-state index in [4.69, 9.17) is 14.2 Å². The summed E-state index contributed by atoms with van der Waals surface area (Å²) in [4.78, 5) is 0. The van der Waals surface area contributed by atoms with Crippen LogP contribution >= 0.6 is 0 Å². The first-order valence-corrected chi connectivity index (χ1v) is 3.35. The molecule has 1 aliphatic rings. The summed E-state index contributed by atoms with van der Waals surface area (Å²) >= 11 is 0. The predicted molar refractivity (Wildman–Crippen MR) is 36.7 cm³/mol. The van der Waals surface area contributed by atoms with Crippen molar-refractivity contribution >= 4 is 0 Å². The van der Waals surface area contributed by atoms with E-state index >= 15 is 0 Å². The van der Waals surface area contributed by atoms with Gasteiger partial charge in [0, 0.05) is 20.6 Å². The molecule has 10 heavy (non-hydrogen) atoms. The van der Waals surface area contributed by atoms with E-state index in [0.717, 1.165) is 0 Å². The number of ether oxygens (including phenoxy) is 3. The minimum absolute atomic E-state index is 0.0960. The van der Waals surface area contributed by atoms with Gasteiger partial charge in [-0.3, -0.25) is 0 Å². The van der Waals surface area contributed by atoms with Crippen LogP contribution in [0.25, 0.3) is 0 Å². The van der Waals surface area contributed by atoms with Crippen molar-refractivity contribution in [2.45, 2.75) is 12.2 Å². The van der Waals surface area contributed by atoms with E-state index in [-0.39, 0.29) is 12.2 Å². The van der Waals surface area contributed by atoms with Crippen molar-refractivity contribution < 1.29 is 14.2 Å². The molecule has 1 radical (unpaired) electrons. The van der Waals surface area contributed by atoms with Gasteiger partial charge in [-0.05, 0) is 0 Å². The maximum absolute atomic E-state index is 5.20. The van der Waals surface area contributed by atoms with Crippen LogP contribution in [0.5, 0.6) is 0 Å². The SMILES string of the molecule is COC1[CH]C(OC)COC1. The molecule has 59 valence electrons. The number of hydrogen-bond donors (Lipinski definition) is 0. The molecule has 1 aliphatic heterocycles. The molecular weight excluding hydrogens is 132 g/mol. The number of rotatable bonds is 2. The van der Waals surface area contributed by atoms with Crippen LogP contribution < -0.4 is 0 Å². The first kappa shape index (κ1) is 7.98. The summed E-state index contributed by atoms with van der Waals surface area (Å²) in [6.45, 7) is 1.30. The molecule has 1 rings (SSSR count). The topological polar surface area (TPSA) is 27.7 Å². The Morgan fingerprint density at radius 3 is 2.10 bits per heavy atom. The lowest BCUT2D eigenvalue weighted by Crippen LogP contribution is -2.35. The van der Waals surface area contributed by atoms with Gasteiger partial charge in [-0.25, -0.2) is 0 Å². The lowest BCUT2D eigenvalue weighted by atomic mass is 10.1. The molecule has 0 amide bonds. The highest BCUT2D eigenvalue weighted by atomic mass is 16.6. The van der Waals surface area contributed by atoms with Crippen LogP contribution in [0.2, 0.25) is 0 Å². The fourth-order valence-corrected chi connectivity index (χ4v) is 0.944. The fourth-order valence-electron chi connectivity index (χ4n) is 0.944. The van der Waals surface area contributed by atoms with Crippen LogP contribution in [0.15, 0.2) is 0 Å². The summed E-state index contributed by atoms with van der Waals surface area (Å²) in [7, 11) is 3.34. The molecule has 1 fully saturated rings. The summed E-state index contributed by atoms with van der Waals surface area (Å²) in [5.74, 6) is 0. The maximum atomic E-state index is 5.20. The second kappa shape index (κ2) is 3.91. The summed E-state index contributed by atoms with van der Waals surface area (Å²) in [5, 5.41) is 0. The summed E-state index contributed by atoms with van der Waals surface area (Å²) in [5.41, 5.74) is 0. The van der Waals surface area contributed by atoms with Crippen LogP contribution in [-0.4, -0.2) is 39.6 Å². The molecule has 1 saturated heterocycles. The van der Waals surface area contributed by atoms with Crippen molar-refractivity contribution in [3.63, 3.8) is 0 Å². The largest absolute Gasteiger partial charge is 0.379 e. The first-order valence-electron chi connectivity index (χ1n) is 3.35. The van der Waals surface area contributed by atoms with E-state index in [2.05, 4.69) is 0 Å². The second-order valence-electron chi connectivity index (χ2n) is 2.28. The third-order valence-electron chi connectivity index (χ3n) is 1.60. The van der Waals surface area contributed by atoms with Crippen molar-refractivity contribution in [3.8, 4) is 0 Å². The third-order valence-corrected chi connectivity index (χ3v) is 1.60. The van der Waals surface area contributed by atoms with Crippen LogP contribution in [-0.2, 0) is 14.2 Å². The van der Waals surface area contributed by atoms with E-state index in [1.165, 1.54) is 0 Å². The van der Waals surface area contributed by atoms with Crippen molar-refractivity contribution in [2.75, 3.05) is 27.4 Å². The maximum Gasteiger partial charge on any atom is 0.0863 e. The lowest BCUT2D eigenvalue weighted by Gasteiger charge is -2.26. The molecule has 0 N–H and O–H groups in total. The average molecular weight is 145 g/mol. The van der Waals surface area contributed by atoms with E-state index in [1.807, 2.05) is 6.42 Å². The summed E-state index contributed by atoms with van der Waals surface area (Å²) in [6.07, 6.45) is 2.21. The first-order chi connectivity index (χ1) is 4.86. The molecule has 0 spiro atoms. The van der Waals surface area contributed by atoms with Gasteiger partial charge >= 0.3 is 0 Å². The zero-order chi connectivity index (χ0) is 7.40. The van der Waals surface area contributed by atoms with Gasteiger partial charge < -0.3 is 14.2 Å². The molecule has 0 aliphatic carbocycles. The number of methoxy groups -OCH3 is 2. The zero-order valence-electron chi connectivity index (χ0n) is 6.37. The molecular formula is C7H13O3. The predicted octanol–water partition coefficient (Wildman–Crippen LogP) is 0.251. The van der Waals surface area contributed by atoms with Crippen LogP contribution in [0.3, 0.4) is 0 Å². The Kier molecular flexibility index (Phi) is 3.12. The van der Waals surface area contributed by atoms with Gasteiger partial charge in [0.2, 0.25) is 0 Å². The number of hydrogen-bond acceptors (Lipinski definition) is 3. The van der Waals surface area contributed by atoms with Gasteiger partial charge in [0.1, 0.15) is 0 Å². The monoisotopic (exact) mass is 145 g/mol. The molecule has 3 nitrogen and oxygen atoms in total. The smallest absolute Gasteiger partial charge is 0.0863 e.